The first-order valence-corrected chi connectivity index (χ1v) is 3.17. The van der Waals surface area contributed by atoms with Gasteiger partial charge in [0.05, 0.1) is 0 Å². The van der Waals surface area contributed by atoms with Crippen molar-refractivity contribution in [1.82, 2.24) is 5.32 Å². The van der Waals surface area contributed by atoms with Gasteiger partial charge < -0.3 is 10.1 Å². The second-order valence-electron chi connectivity index (χ2n) is 2.17. The first-order chi connectivity index (χ1) is 4.43. The summed E-state index contributed by atoms with van der Waals surface area (Å²) in [6.07, 6.45) is 2.13. The summed E-state index contributed by atoms with van der Waals surface area (Å²) in [5.74, 6) is 0. The molecule has 1 aliphatic rings. The van der Waals surface area contributed by atoms with E-state index < -0.39 is 0 Å². The van der Waals surface area contributed by atoms with Crippen molar-refractivity contribution in [3.63, 3.8) is 0 Å². The number of nitrogens with one attached hydrogen (secondary N) is 1. The van der Waals surface area contributed by atoms with Crippen LogP contribution in [0.4, 0.5) is 0 Å². The van der Waals surface area contributed by atoms with Crippen LogP contribution in [-0.4, -0.2) is 25.7 Å². The molecule has 0 spiro atoms. The molecule has 3 nitrogen and oxygen atoms in total. The fourth-order valence-electron chi connectivity index (χ4n) is 0.988. The first kappa shape index (κ1) is 6.55. The van der Waals surface area contributed by atoms with Gasteiger partial charge in [-0.2, -0.15) is 0 Å². The van der Waals surface area contributed by atoms with Gasteiger partial charge in [-0.3, -0.25) is 0 Å². The van der Waals surface area contributed by atoms with Crippen LogP contribution >= 0.6 is 0 Å². The molecule has 1 unspecified atom stereocenters. The first-order valence-electron chi connectivity index (χ1n) is 3.17. The van der Waals surface area contributed by atoms with E-state index >= 15 is 0 Å². The minimum absolute atomic E-state index is 0.0660. The van der Waals surface area contributed by atoms with E-state index in [1.807, 2.05) is 0 Å². The monoisotopic (exact) mass is 128 g/mol. The zero-order valence-corrected chi connectivity index (χ0v) is 5.22. The van der Waals surface area contributed by atoms with Crippen molar-refractivity contribution in [3.8, 4) is 0 Å². The van der Waals surface area contributed by atoms with Crippen LogP contribution in [0.5, 0.6) is 0 Å². The summed E-state index contributed by atoms with van der Waals surface area (Å²) in [5, 5.41) is 3.12. The molecule has 1 rings (SSSR count). The third-order valence-corrected chi connectivity index (χ3v) is 1.47. The van der Waals surface area contributed by atoms with E-state index in [2.05, 4.69) is 10.1 Å². The van der Waals surface area contributed by atoms with Gasteiger partial charge in [-0.1, -0.05) is 0 Å². The van der Waals surface area contributed by atoms with Crippen molar-refractivity contribution < 1.29 is 9.53 Å². The maximum absolute atomic E-state index is 9.70. The van der Waals surface area contributed by atoms with Gasteiger partial charge in [-0.05, 0) is 19.4 Å². The Labute approximate surface area is 54.4 Å². The topological polar surface area (TPSA) is 38.3 Å². The molecule has 1 fully saturated rings. The molecule has 0 amide bonds. The van der Waals surface area contributed by atoms with E-state index in [-0.39, 0.29) is 6.10 Å². The molecule has 51 valence electrons. The lowest BCUT2D eigenvalue weighted by Crippen LogP contribution is -2.34. The van der Waals surface area contributed by atoms with Crippen LogP contribution in [0, 0.1) is 0 Å². The van der Waals surface area contributed by atoms with Gasteiger partial charge in [0, 0.05) is 6.54 Å². The molecule has 1 atom stereocenters. The number of piperidine rings is 1. The molecule has 9 heavy (non-hydrogen) atoms. The van der Waals surface area contributed by atoms with E-state index in [1.54, 1.807) is 0 Å². The maximum Gasteiger partial charge on any atom is 0.417 e. The minimum Gasteiger partial charge on any atom is -0.453 e. The summed E-state index contributed by atoms with van der Waals surface area (Å²) in [7, 11) is 0. The second kappa shape index (κ2) is 3.45. The molecule has 0 aromatic rings. The number of carbonyl (C=O) groups excluding carboxylic acids is 1. The van der Waals surface area contributed by atoms with Gasteiger partial charge in [-0.15, -0.1) is 0 Å². The lowest BCUT2D eigenvalue weighted by Gasteiger charge is -2.19. The molecular formula is C6H10NO2. The summed E-state index contributed by atoms with van der Waals surface area (Å²) >= 11 is 0. The normalized spacial score (nSPS) is 27.3. The van der Waals surface area contributed by atoms with Gasteiger partial charge in [0.25, 0.3) is 0 Å². The maximum atomic E-state index is 9.70. The van der Waals surface area contributed by atoms with E-state index in [1.165, 1.54) is 6.47 Å². The average molecular weight is 128 g/mol. The van der Waals surface area contributed by atoms with E-state index in [9.17, 15) is 4.79 Å². The summed E-state index contributed by atoms with van der Waals surface area (Å²) in [6, 6.07) is 0. The Kier molecular flexibility index (Phi) is 2.51. The quantitative estimate of drug-likeness (QED) is 0.560. The Morgan fingerprint density at radius 1 is 1.67 bits per heavy atom. The fourth-order valence-corrected chi connectivity index (χ4v) is 0.988. The summed E-state index contributed by atoms with van der Waals surface area (Å²) < 4.78 is 4.61. The van der Waals surface area contributed by atoms with Gasteiger partial charge >= 0.3 is 6.47 Å². The van der Waals surface area contributed by atoms with Crippen molar-refractivity contribution >= 4 is 6.47 Å². The van der Waals surface area contributed by atoms with E-state index in [0.29, 0.717) is 0 Å². The highest BCUT2D eigenvalue weighted by atomic mass is 16.5. The molecule has 0 aliphatic carbocycles. The Hall–Kier alpha value is -0.570. The Morgan fingerprint density at radius 2 is 2.56 bits per heavy atom. The number of rotatable bonds is 2. The predicted molar refractivity (Wildman–Crippen MR) is 32.7 cm³/mol. The third-order valence-electron chi connectivity index (χ3n) is 1.47. The van der Waals surface area contributed by atoms with Gasteiger partial charge in [0.15, 0.2) is 0 Å². The summed E-state index contributed by atoms with van der Waals surface area (Å²) in [6.45, 7) is 3.27. The zero-order valence-electron chi connectivity index (χ0n) is 5.22. The highest BCUT2D eigenvalue weighted by molar-refractivity contribution is 5.38. The van der Waals surface area contributed by atoms with Crippen LogP contribution in [0.3, 0.4) is 0 Å². The second-order valence-corrected chi connectivity index (χ2v) is 2.17. The van der Waals surface area contributed by atoms with Gasteiger partial charge in [0.1, 0.15) is 6.10 Å². The molecule has 0 bridgehead atoms. The highest BCUT2D eigenvalue weighted by Crippen LogP contribution is 2.03. The van der Waals surface area contributed by atoms with Crippen molar-refractivity contribution in [1.29, 1.82) is 0 Å². The average Bonchev–Trinajstić information content (AvgIpc) is 1.91. The van der Waals surface area contributed by atoms with Crippen LogP contribution in [-0.2, 0) is 9.53 Å². The van der Waals surface area contributed by atoms with Gasteiger partial charge in [-0.25, -0.2) is 4.79 Å². The van der Waals surface area contributed by atoms with E-state index in [0.717, 1.165) is 25.9 Å². The molecular weight excluding hydrogens is 118 g/mol. The molecule has 0 aromatic carbocycles. The van der Waals surface area contributed by atoms with Crippen molar-refractivity contribution in [2.24, 2.45) is 0 Å². The largest absolute Gasteiger partial charge is 0.453 e. The smallest absolute Gasteiger partial charge is 0.417 e. The standard InChI is InChI=1S/C6H10NO2/c8-5-9-6-2-1-3-7-4-6/h6-7H,1-4H2. The minimum atomic E-state index is 0.0660. The van der Waals surface area contributed by atoms with Crippen molar-refractivity contribution in [2.75, 3.05) is 13.1 Å². The SMILES string of the molecule is O=[C]OC1CCCNC1. The lowest BCUT2D eigenvalue weighted by molar-refractivity contribution is 0.146. The van der Waals surface area contributed by atoms with Crippen LogP contribution in [0.15, 0.2) is 0 Å². The summed E-state index contributed by atoms with van der Waals surface area (Å²) in [5.41, 5.74) is 0. The summed E-state index contributed by atoms with van der Waals surface area (Å²) in [4.78, 5) is 9.70. The number of hydrogen-bond donors (Lipinski definition) is 1. The number of ether oxygens (including phenoxy) is 1. The lowest BCUT2D eigenvalue weighted by atomic mass is 10.1. The van der Waals surface area contributed by atoms with Crippen molar-refractivity contribution in [2.45, 2.75) is 18.9 Å². The zero-order chi connectivity index (χ0) is 6.53. The molecule has 1 heterocycles. The molecule has 1 radical (unpaired) electrons. The van der Waals surface area contributed by atoms with Crippen LogP contribution < -0.4 is 5.32 Å². The van der Waals surface area contributed by atoms with Crippen molar-refractivity contribution in [3.05, 3.63) is 0 Å². The Bertz CT molecular complexity index is 89.1. The third kappa shape index (κ3) is 2.01. The highest BCUT2D eigenvalue weighted by Gasteiger charge is 2.12. The Balaban J connectivity index is 2.15. The van der Waals surface area contributed by atoms with Crippen LogP contribution in [0.1, 0.15) is 12.8 Å². The molecule has 1 aliphatic heterocycles. The molecule has 3 heteroatoms. The predicted octanol–water partition coefficient (Wildman–Crippen LogP) is -0.178. The molecule has 1 N–H and O–H groups in total. The molecule has 0 aromatic heterocycles. The molecule has 0 saturated carbocycles. The van der Waals surface area contributed by atoms with Gasteiger partial charge in [0.2, 0.25) is 0 Å². The number of hydrogen-bond acceptors (Lipinski definition) is 3. The Morgan fingerprint density at radius 3 is 3.11 bits per heavy atom. The molecule has 1 saturated heterocycles. The van der Waals surface area contributed by atoms with Crippen LogP contribution in [0.2, 0.25) is 0 Å². The van der Waals surface area contributed by atoms with Crippen LogP contribution in [0.25, 0.3) is 0 Å². The van der Waals surface area contributed by atoms with E-state index in [4.69, 9.17) is 0 Å². The fraction of sp³-hybridized carbons (Fsp3) is 0.833.